The maximum atomic E-state index is 3.46. The second kappa shape index (κ2) is 7.20. The van der Waals surface area contributed by atoms with Crippen LogP contribution in [0.4, 0.5) is 0 Å². The van der Waals surface area contributed by atoms with Gasteiger partial charge in [-0.1, -0.05) is 26.0 Å². The number of hydrogen-bond acceptors (Lipinski definition) is 2. The van der Waals surface area contributed by atoms with Crippen LogP contribution < -0.4 is 5.32 Å². The molecule has 18 heavy (non-hydrogen) atoms. The molecular weight excluding hydrogens is 238 g/mol. The Morgan fingerprint density at radius 3 is 2.17 bits per heavy atom. The van der Waals surface area contributed by atoms with Crippen molar-refractivity contribution in [2.45, 2.75) is 40.7 Å². The smallest absolute Gasteiger partial charge is 0.0412 e. The fourth-order valence-electron chi connectivity index (χ4n) is 2.11. The van der Waals surface area contributed by atoms with E-state index in [1.54, 1.807) is 0 Å². The Balaban J connectivity index is 2.78. The molecule has 102 valence electrons. The summed E-state index contributed by atoms with van der Waals surface area (Å²) in [6, 6.07) is 5.12. The second-order valence-corrected chi connectivity index (χ2v) is 6.64. The Labute approximate surface area is 117 Å². The van der Waals surface area contributed by atoms with Crippen LogP contribution in [0.1, 0.15) is 42.1 Å². The van der Waals surface area contributed by atoms with Crippen LogP contribution in [0.2, 0.25) is 0 Å². The fraction of sp³-hybridized carbons (Fsp3) is 0.625. The SMILES string of the molecule is CNC(CSCC(C)C)c1cc(C)c(C)cc1C. The zero-order valence-corrected chi connectivity index (χ0v) is 13.4. The quantitative estimate of drug-likeness (QED) is 0.824. The van der Waals surface area contributed by atoms with Crippen molar-refractivity contribution in [3.05, 3.63) is 34.4 Å². The van der Waals surface area contributed by atoms with Gasteiger partial charge in [-0.3, -0.25) is 0 Å². The molecule has 0 bridgehead atoms. The minimum Gasteiger partial charge on any atom is -0.312 e. The molecule has 0 heterocycles. The summed E-state index contributed by atoms with van der Waals surface area (Å²) in [7, 11) is 2.06. The van der Waals surface area contributed by atoms with Crippen molar-refractivity contribution >= 4 is 11.8 Å². The van der Waals surface area contributed by atoms with E-state index in [0.717, 1.165) is 11.7 Å². The highest BCUT2D eigenvalue weighted by Crippen LogP contribution is 2.25. The number of thioether (sulfide) groups is 1. The average molecular weight is 265 g/mol. The molecule has 0 radical (unpaired) electrons. The highest BCUT2D eigenvalue weighted by atomic mass is 32.2. The van der Waals surface area contributed by atoms with Gasteiger partial charge in [-0.05, 0) is 61.7 Å². The van der Waals surface area contributed by atoms with Crippen LogP contribution >= 0.6 is 11.8 Å². The van der Waals surface area contributed by atoms with Crippen LogP contribution in [0.5, 0.6) is 0 Å². The summed E-state index contributed by atoms with van der Waals surface area (Å²) in [5.74, 6) is 3.16. The Bertz CT molecular complexity index is 385. The van der Waals surface area contributed by atoms with Gasteiger partial charge in [-0.25, -0.2) is 0 Å². The van der Waals surface area contributed by atoms with Crippen molar-refractivity contribution in [2.24, 2.45) is 5.92 Å². The lowest BCUT2D eigenvalue weighted by atomic mass is 9.96. The van der Waals surface area contributed by atoms with Gasteiger partial charge < -0.3 is 5.32 Å². The third kappa shape index (κ3) is 4.33. The highest BCUT2D eigenvalue weighted by Gasteiger charge is 2.13. The molecule has 0 spiro atoms. The van der Waals surface area contributed by atoms with E-state index in [4.69, 9.17) is 0 Å². The molecule has 0 saturated heterocycles. The van der Waals surface area contributed by atoms with Crippen molar-refractivity contribution in [3.63, 3.8) is 0 Å². The molecule has 2 heteroatoms. The Morgan fingerprint density at radius 2 is 1.61 bits per heavy atom. The van der Waals surface area contributed by atoms with Gasteiger partial charge in [0.05, 0.1) is 0 Å². The number of benzene rings is 1. The van der Waals surface area contributed by atoms with Crippen LogP contribution in [0.3, 0.4) is 0 Å². The predicted octanol–water partition coefficient (Wildman–Crippen LogP) is 4.26. The number of aryl methyl sites for hydroxylation is 3. The van der Waals surface area contributed by atoms with E-state index >= 15 is 0 Å². The van der Waals surface area contributed by atoms with Crippen LogP contribution in [0, 0.1) is 26.7 Å². The molecule has 0 aromatic heterocycles. The standard InChI is InChI=1S/C16H27NS/c1-11(2)9-18-10-16(17-6)15-8-13(4)12(3)7-14(15)5/h7-8,11,16-17H,9-10H2,1-6H3. The van der Waals surface area contributed by atoms with Gasteiger partial charge in [0.15, 0.2) is 0 Å². The van der Waals surface area contributed by atoms with E-state index in [9.17, 15) is 0 Å². The van der Waals surface area contributed by atoms with Crippen LogP contribution in [-0.2, 0) is 0 Å². The maximum absolute atomic E-state index is 3.46. The van der Waals surface area contributed by atoms with Crippen LogP contribution in [0.15, 0.2) is 12.1 Å². The van der Waals surface area contributed by atoms with E-state index in [1.807, 2.05) is 11.8 Å². The molecule has 0 fully saturated rings. The topological polar surface area (TPSA) is 12.0 Å². The molecule has 0 aliphatic rings. The first kappa shape index (κ1) is 15.6. The third-order valence-corrected chi connectivity index (χ3v) is 4.81. The summed E-state index contributed by atoms with van der Waals surface area (Å²) in [6.45, 7) is 11.2. The first-order valence-electron chi connectivity index (χ1n) is 6.78. The number of hydrogen-bond donors (Lipinski definition) is 1. The summed E-state index contributed by atoms with van der Waals surface area (Å²) >= 11 is 2.05. The summed E-state index contributed by atoms with van der Waals surface area (Å²) < 4.78 is 0. The zero-order valence-electron chi connectivity index (χ0n) is 12.6. The van der Waals surface area contributed by atoms with Crippen molar-refractivity contribution in [1.82, 2.24) is 5.32 Å². The second-order valence-electron chi connectivity index (χ2n) is 5.57. The van der Waals surface area contributed by atoms with Gasteiger partial charge in [0.2, 0.25) is 0 Å². The van der Waals surface area contributed by atoms with Gasteiger partial charge in [-0.2, -0.15) is 11.8 Å². The summed E-state index contributed by atoms with van der Waals surface area (Å²) in [5, 5.41) is 3.46. The van der Waals surface area contributed by atoms with Gasteiger partial charge in [0, 0.05) is 11.8 Å². The van der Waals surface area contributed by atoms with Crippen molar-refractivity contribution in [1.29, 1.82) is 0 Å². The van der Waals surface area contributed by atoms with E-state index in [0.29, 0.717) is 6.04 Å². The molecule has 0 amide bonds. The van der Waals surface area contributed by atoms with Gasteiger partial charge in [0.1, 0.15) is 0 Å². The molecule has 1 rings (SSSR count). The summed E-state index contributed by atoms with van der Waals surface area (Å²) in [4.78, 5) is 0. The molecule has 1 aromatic carbocycles. The van der Waals surface area contributed by atoms with Crippen molar-refractivity contribution in [3.8, 4) is 0 Å². The highest BCUT2D eigenvalue weighted by molar-refractivity contribution is 7.99. The third-order valence-electron chi connectivity index (χ3n) is 3.34. The number of nitrogens with one attached hydrogen (secondary N) is 1. The molecule has 1 aromatic rings. The van der Waals surface area contributed by atoms with Gasteiger partial charge in [-0.15, -0.1) is 0 Å². The average Bonchev–Trinajstić information content (AvgIpc) is 2.30. The van der Waals surface area contributed by atoms with E-state index in [1.165, 1.54) is 28.0 Å². The van der Waals surface area contributed by atoms with Crippen molar-refractivity contribution in [2.75, 3.05) is 18.6 Å². The lowest BCUT2D eigenvalue weighted by molar-refractivity contribution is 0.654. The first-order chi connectivity index (χ1) is 8.45. The largest absolute Gasteiger partial charge is 0.312 e. The van der Waals surface area contributed by atoms with Gasteiger partial charge in [0.25, 0.3) is 0 Å². The molecular formula is C16H27NS. The van der Waals surface area contributed by atoms with Gasteiger partial charge >= 0.3 is 0 Å². The predicted molar refractivity (Wildman–Crippen MR) is 84.6 cm³/mol. The minimum atomic E-state index is 0.466. The molecule has 0 aliphatic carbocycles. The summed E-state index contributed by atoms with van der Waals surface area (Å²) in [5.41, 5.74) is 5.64. The zero-order chi connectivity index (χ0) is 13.7. The Morgan fingerprint density at radius 1 is 1.00 bits per heavy atom. The monoisotopic (exact) mass is 265 g/mol. The fourth-order valence-corrected chi connectivity index (χ4v) is 3.30. The summed E-state index contributed by atoms with van der Waals surface area (Å²) in [6.07, 6.45) is 0. The lowest BCUT2D eigenvalue weighted by Gasteiger charge is -2.20. The van der Waals surface area contributed by atoms with Crippen molar-refractivity contribution < 1.29 is 0 Å². The maximum Gasteiger partial charge on any atom is 0.0412 e. The number of rotatable bonds is 6. The molecule has 1 unspecified atom stereocenters. The Hall–Kier alpha value is -0.470. The molecule has 1 atom stereocenters. The molecule has 0 saturated carbocycles. The minimum absolute atomic E-state index is 0.466. The van der Waals surface area contributed by atoms with E-state index in [2.05, 4.69) is 59.1 Å². The normalized spacial score (nSPS) is 13.1. The van der Waals surface area contributed by atoms with Crippen LogP contribution in [0.25, 0.3) is 0 Å². The first-order valence-corrected chi connectivity index (χ1v) is 7.94. The molecule has 1 nitrogen and oxygen atoms in total. The van der Waals surface area contributed by atoms with E-state index < -0.39 is 0 Å². The lowest BCUT2D eigenvalue weighted by Crippen LogP contribution is -2.20. The van der Waals surface area contributed by atoms with Crippen LogP contribution in [-0.4, -0.2) is 18.6 Å². The molecule has 1 N–H and O–H groups in total. The van der Waals surface area contributed by atoms with E-state index in [-0.39, 0.29) is 0 Å². The molecule has 0 aliphatic heterocycles. The Kier molecular flexibility index (Phi) is 6.24.